The fourth-order valence-electron chi connectivity index (χ4n) is 2.37. The minimum atomic E-state index is -4.29. The number of likely N-dealkylation sites (N-methyl/N-ethyl adjacent to an activating group) is 1. The molecule has 0 fully saturated rings. The first kappa shape index (κ1) is 19.6. The molecule has 1 N–H and O–H groups in total. The molecule has 0 unspecified atom stereocenters. The maximum atomic E-state index is 12.6. The van der Waals surface area contributed by atoms with Crippen LogP contribution in [0.4, 0.5) is 0 Å². The Bertz CT molecular complexity index is 965. The lowest BCUT2D eigenvalue weighted by molar-refractivity contribution is 0.471. The van der Waals surface area contributed by atoms with Crippen molar-refractivity contribution in [2.45, 2.75) is 30.1 Å². The summed E-state index contributed by atoms with van der Waals surface area (Å²) in [6, 6.07) is 10.9. The number of hydrogen-bond donors (Lipinski definition) is 1. The van der Waals surface area contributed by atoms with E-state index in [1.165, 1.54) is 23.5 Å². The number of benzene rings is 2. The third-order valence-electron chi connectivity index (χ3n) is 4.04. The molecular weight excluding hydrogens is 362 g/mol. The molecule has 2 aromatic rings. The van der Waals surface area contributed by atoms with E-state index >= 15 is 0 Å². The predicted molar refractivity (Wildman–Crippen MR) is 95.7 cm³/mol. The van der Waals surface area contributed by atoms with Crippen molar-refractivity contribution in [3.05, 3.63) is 59.2 Å². The van der Waals surface area contributed by atoms with Crippen LogP contribution in [0.15, 0.2) is 52.3 Å². The van der Waals surface area contributed by atoms with E-state index in [1.54, 1.807) is 37.3 Å². The van der Waals surface area contributed by atoms with Gasteiger partial charge in [-0.25, -0.2) is 12.7 Å². The summed E-state index contributed by atoms with van der Waals surface area (Å²) < 4.78 is 58.0. The van der Waals surface area contributed by atoms with Crippen molar-refractivity contribution in [3.8, 4) is 0 Å². The molecule has 0 aliphatic rings. The quantitative estimate of drug-likeness (QED) is 0.774. The molecule has 0 heterocycles. The second-order valence-corrected chi connectivity index (χ2v) is 9.42. The van der Waals surface area contributed by atoms with Gasteiger partial charge in [-0.1, -0.05) is 23.8 Å². The molecular formula is C17H21NO5S2. The molecule has 0 saturated heterocycles. The van der Waals surface area contributed by atoms with Gasteiger partial charge in [0, 0.05) is 13.6 Å². The van der Waals surface area contributed by atoms with Crippen molar-refractivity contribution in [3.63, 3.8) is 0 Å². The predicted octanol–water partition coefficient (Wildman–Crippen LogP) is 2.41. The summed E-state index contributed by atoms with van der Waals surface area (Å²) in [6.45, 7) is 3.87. The van der Waals surface area contributed by atoms with Crippen molar-refractivity contribution >= 4 is 20.1 Å². The molecule has 0 aliphatic carbocycles. The normalized spacial score (nSPS) is 12.5. The van der Waals surface area contributed by atoms with Crippen LogP contribution in [0.1, 0.15) is 16.7 Å². The molecule has 0 aromatic heterocycles. The lowest BCUT2D eigenvalue weighted by Crippen LogP contribution is -2.29. The van der Waals surface area contributed by atoms with Crippen molar-refractivity contribution in [1.82, 2.24) is 4.31 Å². The molecule has 25 heavy (non-hydrogen) atoms. The molecule has 8 heteroatoms. The van der Waals surface area contributed by atoms with Crippen LogP contribution in [-0.4, -0.2) is 39.3 Å². The summed E-state index contributed by atoms with van der Waals surface area (Å²) in [6.07, 6.45) is 0.330. The summed E-state index contributed by atoms with van der Waals surface area (Å²) in [7, 11) is -6.42. The molecule has 0 radical (unpaired) electrons. The zero-order valence-corrected chi connectivity index (χ0v) is 15.9. The van der Waals surface area contributed by atoms with Crippen LogP contribution in [0.2, 0.25) is 0 Å². The fraction of sp³-hybridized carbons (Fsp3) is 0.294. The van der Waals surface area contributed by atoms with Crippen LogP contribution >= 0.6 is 0 Å². The molecule has 136 valence electrons. The van der Waals surface area contributed by atoms with Gasteiger partial charge >= 0.3 is 0 Å². The standard InChI is InChI=1S/C17H21NO5S2/c1-13-4-7-16(8-5-13)24(19,20)18(3)11-10-15-12-17(25(21,22)23)9-6-14(15)2/h4-9,12H,10-11H2,1-3H3,(H,21,22,23). The molecule has 2 aromatic carbocycles. The third-order valence-corrected chi connectivity index (χ3v) is 6.76. The Morgan fingerprint density at radius 1 is 0.920 bits per heavy atom. The van der Waals surface area contributed by atoms with Crippen LogP contribution in [0, 0.1) is 13.8 Å². The van der Waals surface area contributed by atoms with Gasteiger partial charge in [-0.2, -0.15) is 8.42 Å². The SMILES string of the molecule is Cc1ccc(S(=O)(=O)N(C)CCc2cc(S(=O)(=O)O)ccc2C)cc1. The summed E-state index contributed by atoms with van der Waals surface area (Å²) in [5, 5.41) is 0. The van der Waals surface area contributed by atoms with E-state index in [9.17, 15) is 16.8 Å². The van der Waals surface area contributed by atoms with Crippen LogP contribution in [0.25, 0.3) is 0 Å². The first-order chi connectivity index (χ1) is 11.5. The summed E-state index contributed by atoms with van der Waals surface area (Å²) >= 11 is 0. The van der Waals surface area contributed by atoms with E-state index in [-0.39, 0.29) is 16.3 Å². The van der Waals surface area contributed by atoms with E-state index < -0.39 is 20.1 Å². The minimum absolute atomic E-state index is 0.186. The Hall–Kier alpha value is -1.74. The first-order valence-electron chi connectivity index (χ1n) is 7.62. The largest absolute Gasteiger partial charge is 0.294 e. The van der Waals surface area contributed by atoms with E-state index in [0.29, 0.717) is 12.0 Å². The van der Waals surface area contributed by atoms with Crippen LogP contribution in [0.5, 0.6) is 0 Å². The molecule has 2 rings (SSSR count). The third kappa shape index (κ3) is 4.66. The van der Waals surface area contributed by atoms with Gasteiger partial charge < -0.3 is 0 Å². The second-order valence-electron chi connectivity index (χ2n) is 5.95. The number of aryl methyl sites for hydroxylation is 2. The van der Waals surface area contributed by atoms with Crippen LogP contribution in [-0.2, 0) is 26.6 Å². The highest BCUT2D eigenvalue weighted by Gasteiger charge is 2.21. The van der Waals surface area contributed by atoms with Gasteiger partial charge in [0.1, 0.15) is 0 Å². The minimum Gasteiger partial charge on any atom is -0.282 e. The monoisotopic (exact) mass is 383 g/mol. The lowest BCUT2D eigenvalue weighted by atomic mass is 10.1. The van der Waals surface area contributed by atoms with Crippen LogP contribution in [0.3, 0.4) is 0 Å². The van der Waals surface area contributed by atoms with E-state index in [1.807, 2.05) is 6.92 Å². The average molecular weight is 383 g/mol. The number of sulfonamides is 1. The molecule has 0 saturated carbocycles. The zero-order chi connectivity index (χ0) is 18.8. The Balaban J connectivity index is 2.19. The van der Waals surface area contributed by atoms with E-state index in [4.69, 9.17) is 4.55 Å². The van der Waals surface area contributed by atoms with Crippen molar-refractivity contribution in [2.24, 2.45) is 0 Å². The molecule has 0 bridgehead atoms. The summed E-state index contributed by atoms with van der Waals surface area (Å²) in [4.78, 5) is 0.0150. The van der Waals surface area contributed by atoms with E-state index in [2.05, 4.69) is 0 Å². The van der Waals surface area contributed by atoms with Gasteiger partial charge in [-0.05, 0) is 55.7 Å². The van der Waals surface area contributed by atoms with Gasteiger partial charge in [-0.15, -0.1) is 0 Å². The lowest BCUT2D eigenvalue weighted by Gasteiger charge is -2.18. The van der Waals surface area contributed by atoms with Crippen molar-refractivity contribution in [2.75, 3.05) is 13.6 Å². The zero-order valence-electron chi connectivity index (χ0n) is 14.3. The van der Waals surface area contributed by atoms with Gasteiger partial charge in [-0.3, -0.25) is 4.55 Å². The Labute approximate surface area is 148 Å². The Morgan fingerprint density at radius 2 is 1.48 bits per heavy atom. The number of nitrogens with zero attached hydrogens (tertiary/aromatic N) is 1. The highest BCUT2D eigenvalue weighted by molar-refractivity contribution is 7.89. The molecule has 6 nitrogen and oxygen atoms in total. The summed E-state index contributed by atoms with van der Waals surface area (Å²) in [5.41, 5.74) is 2.47. The summed E-state index contributed by atoms with van der Waals surface area (Å²) in [5.74, 6) is 0. The van der Waals surface area contributed by atoms with E-state index in [0.717, 1.165) is 11.1 Å². The molecule has 0 spiro atoms. The van der Waals surface area contributed by atoms with Crippen LogP contribution < -0.4 is 0 Å². The highest BCUT2D eigenvalue weighted by atomic mass is 32.2. The Morgan fingerprint density at radius 3 is 2.04 bits per heavy atom. The first-order valence-corrected chi connectivity index (χ1v) is 10.5. The smallest absolute Gasteiger partial charge is 0.282 e. The Kier molecular flexibility index (Phi) is 5.68. The van der Waals surface area contributed by atoms with Gasteiger partial charge in [0.05, 0.1) is 9.79 Å². The topological polar surface area (TPSA) is 91.8 Å². The van der Waals surface area contributed by atoms with Crippen molar-refractivity contribution in [1.29, 1.82) is 0 Å². The van der Waals surface area contributed by atoms with Gasteiger partial charge in [0.25, 0.3) is 10.1 Å². The van der Waals surface area contributed by atoms with Gasteiger partial charge in [0.2, 0.25) is 10.0 Å². The maximum Gasteiger partial charge on any atom is 0.294 e. The highest BCUT2D eigenvalue weighted by Crippen LogP contribution is 2.19. The van der Waals surface area contributed by atoms with Gasteiger partial charge in [0.15, 0.2) is 0 Å². The fourth-order valence-corrected chi connectivity index (χ4v) is 4.07. The van der Waals surface area contributed by atoms with Crippen molar-refractivity contribution < 1.29 is 21.4 Å². The molecule has 0 aliphatic heterocycles. The molecule has 0 amide bonds. The average Bonchev–Trinajstić information content (AvgIpc) is 2.53. The number of rotatable bonds is 6. The number of hydrogen-bond acceptors (Lipinski definition) is 4. The maximum absolute atomic E-state index is 12.6. The molecule has 0 atom stereocenters. The second kappa shape index (κ2) is 7.25.